The molecule has 0 amide bonds. The largest absolute Gasteiger partial charge is 0.337 e. The van der Waals surface area contributed by atoms with Crippen LogP contribution >= 0.6 is 0 Å². The van der Waals surface area contributed by atoms with Crippen molar-refractivity contribution in [3.05, 3.63) is 53.6 Å². The lowest BCUT2D eigenvalue weighted by atomic mass is 10.0. The summed E-state index contributed by atoms with van der Waals surface area (Å²) in [6.45, 7) is 5.39. The Morgan fingerprint density at radius 2 is 2.12 bits per heavy atom. The zero-order valence-electron chi connectivity index (χ0n) is 9.98. The molecule has 1 heterocycles. The van der Waals surface area contributed by atoms with Crippen LogP contribution in [0, 0.1) is 13.8 Å². The van der Waals surface area contributed by atoms with Gasteiger partial charge in [0.25, 0.3) is 0 Å². The first-order valence-corrected chi connectivity index (χ1v) is 5.77. The van der Waals surface area contributed by atoms with Crippen molar-refractivity contribution in [1.82, 2.24) is 9.55 Å². The van der Waals surface area contributed by atoms with Crippen LogP contribution in [-0.4, -0.2) is 9.55 Å². The van der Waals surface area contributed by atoms with Crippen molar-refractivity contribution in [3.8, 4) is 0 Å². The molecule has 0 atom stereocenters. The molecule has 0 radical (unpaired) electrons. The topological polar surface area (TPSA) is 17.8 Å². The first kappa shape index (κ1) is 10.9. The van der Waals surface area contributed by atoms with E-state index in [-0.39, 0.29) is 0 Å². The summed E-state index contributed by atoms with van der Waals surface area (Å²) < 4.78 is 2.13. The van der Waals surface area contributed by atoms with Crippen molar-refractivity contribution in [2.45, 2.75) is 33.2 Å². The Labute approximate surface area is 97.0 Å². The predicted molar refractivity (Wildman–Crippen MR) is 66.5 cm³/mol. The highest BCUT2D eigenvalue weighted by Crippen LogP contribution is 2.13. The summed E-state index contributed by atoms with van der Waals surface area (Å²) in [5, 5.41) is 0. The third-order valence-corrected chi connectivity index (χ3v) is 2.93. The van der Waals surface area contributed by atoms with E-state index in [0.717, 1.165) is 13.0 Å². The minimum Gasteiger partial charge on any atom is -0.337 e. The Morgan fingerprint density at radius 1 is 1.25 bits per heavy atom. The number of aromatic nitrogens is 2. The first-order valence-electron chi connectivity index (χ1n) is 5.77. The smallest absolute Gasteiger partial charge is 0.0945 e. The maximum Gasteiger partial charge on any atom is 0.0945 e. The molecular formula is C14H18N2. The number of hydrogen-bond donors (Lipinski definition) is 0. The van der Waals surface area contributed by atoms with Gasteiger partial charge in [-0.15, -0.1) is 0 Å². The second kappa shape index (κ2) is 4.97. The van der Waals surface area contributed by atoms with Crippen LogP contribution in [-0.2, 0) is 13.0 Å². The molecule has 2 aromatic rings. The highest BCUT2D eigenvalue weighted by Gasteiger charge is 1.99. The Balaban J connectivity index is 1.92. The monoisotopic (exact) mass is 214 g/mol. The van der Waals surface area contributed by atoms with Gasteiger partial charge in [-0.3, -0.25) is 0 Å². The number of benzene rings is 1. The summed E-state index contributed by atoms with van der Waals surface area (Å²) in [5.41, 5.74) is 4.22. The maximum atomic E-state index is 4.04. The zero-order valence-corrected chi connectivity index (χ0v) is 9.98. The van der Waals surface area contributed by atoms with Crippen molar-refractivity contribution in [3.63, 3.8) is 0 Å². The standard InChI is InChI=1S/C14H18N2/c1-12-5-6-13(2)14(10-12)4-3-8-16-9-7-15-11-16/h5-7,9-11H,3-4,8H2,1-2H3. The van der Waals surface area contributed by atoms with Crippen molar-refractivity contribution < 1.29 is 0 Å². The van der Waals surface area contributed by atoms with Crippen molar-refractivity contribution in [2.75, 3.05) is 0 Å². The van der Waals surface area contributed by atoms with E-state index in [9.17, 15) is 0 Å². The molecule has 0 saturated carbocycles. The van der Waals surface area contributed by atoms with Gasteiger partial charge in [0, 0.05) is 18.9 Å². The summed E-state index contributed by atoms with van der Waals surface area (Å²) in [6.07, 6.45) is 8.04. The quantitative estimate of drug-likeness (QED) is 0.764. The van der Waals surface area contributed by atoms with Gasteiger partial charge in [-0.05, 0) is 37.8 Å². The van der Waals surface area contributed by atoms with Crippen molar-refractivity contribution in [2.24, 2.45) is 0 Å². The molecule has 0 unspecified atom stereocenters. The normalized spacial score (nSPS) is 10.6. The van der Waals surface area contributed by atoms with Gasteiger partial charge in [0.15, 0.2) is 0 Å². The van der Waals surface area contributed by atoms with Gasteiger partial charge >= 0.3 is 0 Å². The highest BCUT2D eigenvalue weighted by atomic mass is 15.0. The molecular weight excluding hydrogens is 196 g/mol. The Kier molecular flexibility index (Phi) is 3.40. The fraction of sp³-hybridized carbons (Fsp3) is 0.357. The Morgan fingerprint density at radius 3 is 2.88 bits per heavy atom. The predicted octanol–water partition coefficient (Wildman–Crippen LogP) is 3.13. The number of imidazole rings is 1. The molecule has 0 aliphatic carbocycles. The molecule has 16 heavy (non-hydrogen) atoms. The third-order valence-electron chi connectivity index (χ3n) is 2.93. The molecule has 0 saturated heterocycles. The van der Waals surface area contributed by atoms with Crippen LogP contribution < -0.4 is 0 Å². The van der Waals surface area contributed by atoms with Gasteiger partial charge in [-0.25, -0.2) is 4.98 Å². The highest BCUT2D eigenvalue weighted by molar-refractivity contribution is 5.30. The third kappa shape index (κ3) is 2.72. The van der Waals surface area contributed by atoms with Crippen LogP contribution in [0.3, 0.4) is 0 Å². The molecule has 0 N–H and O–H groups in total. The fourth-order valence-electron chi connectivity index (χ4n) is 1.94. The fourth-order valence-corrected chi connectivity index (χ4v) is 1.94. The Hall–Kier alpha value is -1.57. The van der Waals surface area contributed by atoms with Crippen LogP contribution in [0.15, 0.2) is 36.9 Å². The first-order chi connectivity index (χ1) is 7.75. The van der Waals surface area contributed by atoms with E-state index in [1.807, 2.05) is 18.7 Å². The van der Waals surface area contributed by atoms with Crippen LogP contribution in [0.2, 0.25) is 0 Å². The number of hydrogen-bond acceptors (Lipinski definition) is 1. The van der Waals surface area contributed by atoms with Crippen LogP contribution in [0.25, 0.3) is 0 Å². The molecule has 0 spiro atoms. The molecule has 0 aliphatic rings. The number of nitrogens with zero attached hydrogens (tertiary/aromatic N) is 2. The van der Waals surface area contributed by atoms with Crippen molar-refractivity contribution >= 4 is 0 Å². The summed E-state index contributed by atoms with van der Waals surface area (Å²) in [6, 6.07) is 6.68. The summed E-state index contributed by atoms with van der Waals surface area (Å²) in [7, 11) is 0. The van der Waals surface area contributed by atoms with Crippen molar-refractivity contribution in [1.29, 1.82) is 0 Å². The van der Waals surface area contributed by atoms with Crippen LogP contribution in [0.5, 0.6) is 0 Å². The SMILES string of the molecule is Cc1ccc(C)c(CCCn2ccnc2)c1. The van der Waals surface area contributed by atoms with E-state index < -0.39 is 0 Å². The average Bonchev–Trinajstić information content (AvgIpc) is 2.76. The molecule has 1 aromatic heterocycles. The lowest BCUT2D eigenvalue weighted by Gasteiger charge is -2.07. The van der Waals surface area contributed by atoms with E-state index in [1.165, 1.54) is 23.1 Å². The molecule has 1 aromatic carbocycles. The van der Waals surface area contributed by atoms with E-state index in [4.69, 9.17) is 0 Å². The van der Waals surface area contributed by atoms with E-state index in [1.54, 1.807) is 0 Å². The molecule has 84 valence electrons. The van der Waals surface area contributed by atoms with Gasteiger partial charge in [-0.1, -0.05) is 23.8 Å². The van der Waals surface area contributed by atoms with Gasteiger partial charge < -0.3 is 4.57 Å². The molecule has 2 heteroatoms. The minimum absolute atomic E-state index is 1.05. The number of aryl methyl sites for hydroxylation is 4. The second-order valence-electron chi connectivity index (χ2n) is 4.33. The summed E-state index contributed by atoms with van der Waals surface area (Å²) >= 11 is 0. The van der Waals surface area contributed by atoms with Gasteiger partial charge in [-0.2, -0.15) is 0 Å². The maximum absolute atomic E-state index is 4.04. The average molecular weight is 214 g/mol. The second-order valence-corrected chi connectivity index (χ2v) is 4.33. The van der Waals surface area contributed by atoms with E-state index >= 15 is 0 Å². The molecule has 0 aliphatic heterocycles. The van der Waals surface area contributed by atoms with Crippen LogP contribution in [0.1, 0.15) is 23.1 Å². The zero-order chi connectivity index (χ0) is 11.4. The number of rotatable bonds is 4. The minimum atomic E-state index is 1.05. The summed E-state index contributed by atoms with van der Waals surface area (Å²) in [5.74, 6) is 0. The summed E-state index contributed by atoms with van der Waals surface area (Å²) in [4.78, 5) is 4.04. The lowest BCUT2D eigenvalue weighted by Crippen LogP contribution is -1.98. The molecule has 2 rings (SSSR count). The lowest BCUT2D eigenvalue weighted by molar-refractivity contribution is 0.640. The molecule has 2 nitrogen and oxygen atoms in total. The van der Waals surface area contributed by atoms with Gasteiger partial charge in [0.05, 0.1) is 6.33 Å². The molecule has 0 fully saturated rings. The van der Waals surface area contributed by atoms with Gasteiger partial charge in [0.2, 0.25) is 0 Å². The molecule has 0 bridgehead atoms. The van der Waals surface area contributed by atoms with E-state index in [2.05, 4.69) is 41.6 Å². The Bertz CT molecular complexity index is 444. The van der Waals surface area contributed by atoms with Crippen LogP contribution in [0.4, 0.5) is 0 Å². The van der Waals surface area contributed by atoms with Gasteiger partial charge in [0.1, 0.15) is 0 Å². The van der Waals surface area contributed by atoms with E-state index in [0.29, 0.717) is 0 Å².